The number of methoxy groups -OCH3 is 1. The Morgan fingerprint density at radius 1 is 1.02 bits per heavy atom. The molecule has 1 unspecified atom stereocenters. The van der Waals surface area contributed by atoms with Crippen molar-refractivity contribution in [1.82, 2.24) is 34.5 Å². The minimum atomic E-state index is -0.760. The van der Waals surface area contributed by atoms with Gasteiger partial charge in [-0.1, -0.05) is 6.07 Å². The molecule has 1 aliphatic carbocycles. The first-order valence-corrected chi connectivity index (χ1v) is 17.6. The summed E-state index contributed by atoms with van der Waals surface area (Å²) >= 11 is 3.39. The number of nitrogens with one attached hydrogen (secondary N) is 1. The van der Waals surface area contributed by atoms with Crippen molar-refractivity contribution in [3.63, 3.8) is 0 Å². The number of carbonyl (C=O) groups is 4. The van der Waals surface area contributed by atoms with E-state index in [-0.39, 0.29) is 53.3 Å². The number of hydrogen-bond donors (Lipinski definition) is 1. The van der Waals surface area contributed by atoms with Gasteiger partial charge in [0, 0.05) is 48.3 Å². The van der Waals surface area contributed by atoms with Gasteiger partial charge in [-0.2, -0.15) is 5.10 Å². The number of fused-ring (bicyclic) bond motifs is 2. The maximum absolute atomic E-state index is 14.5. The van der Waals surface area contributed by atoms with E-state index in [1.807, 2.05) is 39.0 Å². The van der Waals surface area contributed by atoms with Crippen molar-refractivity contribution in [2.75, 3.05) is 25.5 Å². The number of amides is 2. The van der Waals surface area contributed by atoms with E-state index in [1.165, 1.54) is 14.0 Å². The molecule has 3 aliphatic rings. The summed E-state index contributed by atoms with van der Waals surface area (Å²) < 4.78 is 7.26. The maximum atomic E-state index is 14.5. The normalized spacial score (nSPS) is 22.8. The summed E-state index contributed by atoms with van der Waals surface area (Å²) in [6, 6.07) is 6.24. The highest BCUT2D eigenvalue weighted by Gasteiger charge is 2.67. The van der Waals surface area contributed by atoms with Crippen molar-refractivity contribution >= 4 is 56.2 Å². The van der Waals surface area contributed by atoms with E-state index in [9.17, 15) is 19.2 Å². The van der Waals surface area contributed by atoms with Crippen LogP contribution in [0.3, 0.4) is 0 Å². The van der Waals surface area contributed by atoms with Crippen LogP contribution >= 0.6 is 15.9 Å². The first-order valence-electron chi connectivity index (χ1n) is 16.8. The topological polar surface area (TPSA) is 153 Å². The van der Waals surface area contributed by atoms with Crippen LogP contribution in [0.15, 0.2) is 41.3 Å². The third-order valence-electron chi connectivity index (χ3n) is 10.4. The lowest BCUT2D eigenvalue weighted by Crippen LogP contribution is -2.47. The summed E-state index contributed by atoms with van der Waals surface area (Å²) in [5.41, 5.74) is 3.87. The molecule has 1 saturated carbocycles. The molecule has 13 nitrogen and oxygen atoms in total. The average Bonchev–Trinajstić information content (AvgIpc) is 3.37. The van der Waals surface area contributed by atoms with Crippen LogP contribution in [-0.4, -0.2) is 96.4 Å². The van der Waals surface area contributed by atoms with Crippen molar-refractivity contribution in [3.05, 3.63) is 63.9 Å². The monoisotopic (exact) mass is 742 g/mol. The molecule has 2 amide bonds. The number of rotatable bonds is 9. The highest BCUT2D eigenvalue weighted by atomic mass is 79.9. The fourth-order valence-corrected chi connectivity index (χ4v) is 8.22. The van der Waals surface area contributed by atoms with Crippen molar-refractivity contribution < 1.29 is 23.9 Å². The molecule has 7 rings (SSSR count). The van der Waals surface area contributed by atoms with Gasteiger partial charge in [0.15, 0.2) is 5.78 Å². The highest BCUT2D eigenvalue weighted by Crippen LogP contribution is 2.60. The van der Waals surface area contributed by atoms with Crippen LogP contribution in [0.2, 0.25) is 0 Å². The van der Waals surface area contributed by atoms with E-state index >= 15 is 0 Å². The molecule has 0 radical (unpaired) electrons. The third kappa shape index (κ3) is 6.08. The van der Waals surface area contributed by atoms with E-state index in [0.717, 1.165) is 48.1 Å². The van der Waals surface area contributed by atoms with Crippen LogP contribution < -0.4 is 5.32 Å². The summed E-state index contributed by atoms with van der Waals surface area (Å²) in [5.74, 6) is 0.0108. The lowest BCUT2D eigenvalue weighted by atomic mass is 9.97. The third-order valence-corrected chi connectivity index (χ3v) is 10.9. The number of benzene rings is 1. The number of hydrogen-bond acceptors (Lipinski definition) is 10. The first-order chi connectivity index (χ1) is 23.9. The molecule has 2 aliphatic heterocycles. The maximum Gasteiger partial charge on any atom is 0.323 e. The van der Waals surface area contributed by atoms with E-state index in [1.54, 1.807) is 28.0 Å². The van der Waals surface area contributed by atoms with Gasteiger partial charge in [-0.3, -0.25) is 28.8 Å². The van der Waals surface area contributed by atoms with Crippen molar-refractivity contribution in [1.29, 1.82) is 0 Å². The first kappa shape index (κ1) is 33.9. The Hall–Kier alpha value is -4.56. The molecule has 260 valence electrons. The van der Waals surface area contributed by atoms with Gasteiger partial charge < -0.3 is 15.0 Å². The molecule has 50 heavy (non-hydrogen) atoms. The van der Waals surface area contributed by atoms with Gasteiger partial charge in [0.2, 0.25) is 11.8 Å². The minimum absolute atomic E-state index is 0.156. The molecule has 3 fully saturated rings. The van der Waals surface area contributed by atoms with Gasteiger partial charge in [0.25, 0.3) is 0 Å². The van der Waals surface area contributed by atoms with Gasteiger partial charge in [-0.25, -0.2) is 15.0 Å². The predicted octanol–water partition coefficient (Wildman–Crippen LogP) is 4.41. The number of pyridine rings is 1. The molecule has 4 aromatic rings. The Morgan fingerprint density at radius 3 is 2.50 bits per heavy atom. The molecule has 0 spiro atoms. The molecular weight excluding hydrogens is 704 g/mol. The summed E-state index contributed by atoms with van der Waals surface area (Å²) in [4.78, 5) is 70.9. The minimum Gasteiger partial charge on any atom is -0.468 e. The van der Waals surface area contributed by atoms with E-state index in [2.05, 4.69) is 46.2 Å². The Labute approximate surface area is 297 Å². The van der Waals surface area contributed by atoms with E-state index < -0.39 is 6.04 Å². The lowest BCUT2D eigenvalue weighted by molar-refractivity contribution is -0.146. The highest BCUT2D eigenvalue weighted by molar-refractivity contribution is 9.10. The van der Waals surface area contributed by atoms with Crippen molar-refractivity contribution in [3.8, 4) is 11.1 Å². The summed E-state index contributed by atoms with van der Waals surface area (Å²) in [6.45, 7) is 8.25. The smallest absolute Gasteiger partial charge is 0.323 e. The Kier molecular flexibility index (Phi) is 8.79. The number of halogens is 1. The van der Waals surface area contributed by atoms with Crippen LogP contribution in [-0.2, 0) is 25.7 Å². The molecule has 1 N–H and O–H groups in total. The zero-order valence-corrected chi connectivity index (χ0v) is 30.3. The van der Waals surface area contributed by atoms with E-state index in [0.29, 0.717) is 40.1 Å². The quantitative estimate of drug-likeness (QED) is 0.148. The van der Waals surface area contributed by atoms with Gasteiger partial charge >= 0.3 is 5.97 Å². The molecule has 2 saturated heterocycles. The second-order valence-corrected chi connectivity index (χ2v) is 14.6. The number of nitrogens with zero attached hydrogens (tertiary/aromatic N) is 7. The second-order valence-electron chi connectivity index (χ2n) is 13.8. The number of anilines is 1. The summed E-state index contributed by atoms with van der Waals surface area (Å²) in [6.07, 6.45) is 6.25. The number of likely N-dealkylation sites (tertiary alicyclic amines) is 2. The van der Waals surface area contributed by atoms with Crippen LogP contribution in [0, 0.1) is 26.2 Å². The fraction of sp³-hybridized carbons (Fsp3) is 0.444. The standard InChI is InChI=1S/C36H39BrN8O5/c1-19-8-9-29(37)40-33(19)41-34(48)27-13-36(18-43-10-6-7-26(43)35(49)50-5)14-28(36)45(27)30(47)17-44-32-20(2)11-23(24-15-38-22(4)39-16-24)12-25(32)31(42-44)21(3)46/h8-9,11-12,15-16,26-28H,6-7,10,13-14,17-18H2,1-5H3,(H,40,41,48)/t26-,27-,28?,36-/m0/s1. The summed E-state index contributed by atoms with van der Waals surface area (Å²) in [7, 11) is 1.40. The number of carbonyl (C=O) groups excluding carboxylic acids is 4. The average molecular weight is 744 g/mol. The SMILES string of the molecule is COC(=O)[C@@H]1CCCN1C[C@]12CC1N(C(=O)Cn1nc(C(C)=O)c3cc(-c4cnc(C)nc4)cc(C)c31)[C@H](C(=O)Nc1nc(Br)ccc1C)C2. The van der Waals surface area contributed by atoms with Crippen LogP contribution in [0.25, 0.3) is 22.0 Å². The Bertz CT molecular complexity index is 2050. The Balaban J connectivity index is 1.21. The molecule has 4 atom stereocenters. The van der Waals surface area contributed by atoms with Crippen LogP contribution in [0.5, 0.6) is 0 Å². The molecule has 5 heterocycles. The van der Waals surface area contributed by atoms with Crippen molar-refractivity contribution in [2.24, 2.45) is 5.41 Å². The number of aromatic nitrogens is 5. The number of aryl methyl sites for hydroxylation is 3. The number of piperidine rings is 1. The molecule has 1 aromatic carbocycles. The van der Waals surface area contributed by atoms with Gasteiger partial charge in [-0.15, -0.1) is 0 Å². The van der Waals surface area contributed by atoms with Gasteiger partial charge in [0.1, 0.15) is 40.6 Å². The number of ether oxygens (including phenoxy) is 1. The molecule has 14 heteroatoms. The summed E-state index contributed by atoms with van der Waals surface area (Å²) in [5, 5.41) is 8.27. The fourth-order valence-electron chi connectivity index (χ4n) is 7.91. The number of ketones is 1. The van der Waals surface area contributed by atoms with Gasteiger partial charge in [0.05, 0.1) is 12.6 Å². The van der Waals surface area contributed by atoms with Crippen LogP contribution in [0.1, 0.15) is 60.0 Å². The zero-order valence-electron chi connectivity index (χ0n) is 28.7. The van der Waals surface area contributed by atoms with E-state index in [4.69, 9.17) is 4.74 Å². The molecular formula is C36H39BrN8O5. The lowest BCUT2D eigenvalue weighted by Gasteiger charge is -2.27. The van der Waals surface area contributed by atoms with Gasteiger partial charge in [-0.05, 0) is 104 Å². The van der Waals surface area contributed by atoms with Crippen LogP contribution in [0.4, 0.5) is 5.82 Å². The zero-order chi connectivity index (χ0) is 35.5. The predicted molar refractivity (Wildman–Crippen MR) is 188 cm³/mol. The number of esters is 1. The number of Topliss-reactive ketones (excluding diaryl/α,β-unsaturated/α-hetero) is 1. The molecule has 3 aromatic heterocycles. The Morgan fingerprint density at radius 2 is 1.78 bits per heavy atom. The van der Waals surface area contributed by atoms with Crippen molar-refractivity contribution in [2.45, 2.75) is 78.0 Å². The second kappa shape index (κ2) is 13.0. The molecule has 0 bridgehead atoms. The largest absolute Gasteiger partial charge is 0.468 e.